The van der Waals surface area contributed by atoms with Crippen LogP contribution >= 0.6 is 0 Å². The van der Waals surface area contributed by atoms with Crippen molar-refractivity contribution in [2.45, 2.75) is 6.92 Å². The molecule has 2 N–H and O–H groups in total. The molecule has 0 spiro atoms. The molecule has 0 saturated carbocycles. The minimum atomic E-state index is -0.116. The molecule has 0 saturated heterocycles. The Morgan fingerprint density at radius 3 is 2.89 bits per heavy atom. The van der Waals surface area contributed by atoms with Crippen molar-refractivity contribution >= 4 is 11.6 Å². The monoisotopic (exact) mass is 260 g/mol. The standard InChI is InChI=1S/C14H16N2O3/c1-2-3-6-15-10-14(17)16-11-4-5-12-13(9-11)19-8-7-18-12/h4-5,9,15H,6-8,10H2,1H3,(H,16,17). The summed E-state index contributed by atoms with van der Waals surface area (Å²) in [7, 11) is 0. The van der Waals surface area contributed by atoms with Gasteiger partial charge >= 0.3 is 0 Å². The van der Waals surface area contributed by atoms with E-state index >= 15 is 0 Å². The van der Waals surface area contributed by atoms with E-state index in [2.05, 4.69) is 22.5 Å². The number of fused-ring (bicyclic) bond motifs is 1. The highest BCUT2D eigenvalue weighted by atomic mass is 16.6. The Morgan fingerprint density at radius 2 is 2.11 bits per heavy atom. The fraction of sp³-hybridized carbons (Fsp3) is 0.357. The normalized spacial score (nSPS) is 12.3. The maximum atomic E-state index is 11.6. The van der Waals surface area contributed by atoms with Gasteiger partial charge in [-0.15, -0.1) is 5.92 Å². The van der Waals surface area contributed by atoms with Crippen LogP contribution in [-0.2, 0) is 4.79 Å². The number of hydrogen-bond donors (Lipinski definition) is 2. The summed E-state index contributed by atoms with van der Waals surface area (Å²) in [5.41, 5.74) is 0.692. The van der Waals surface area contributed by atoms with Crippen LogP contribution in [0.3, 0.4) is 0 Å². The van der Waals surface area contributed by atoms with E-state index in [9.17, 15) is 4.79 Å². The van der Waals surface area contributed by atoms with Gasteiger partial charge in [-0.25, -0.2) is 0 Å². The van der Waals surface area contributed by atoms with E-state index in [1.54, 1.807) is 25.1 Å². The molecule has 1 amide bonds. The topological polar surface area (TPSA) is 59.6 Å². The van der Waals surface area contributed by atoms with E-state index in [0.717, 1.165) is 0 Å². The molecule has 19 heavy (non-hydrogen) atoms. The zero-order valence-electron chi connectivity index (χ0n) is 10.8. The fourth-order valence-corrected chi connectivity index (χ4v) is 1.65. The van der Waals surface area contributed by atoms with Crippen LogP contribution in [0.5, 0.6) is 11.5 Å². The lowest BCUT2D eigenvalue weighted by Crippen LogP contribution is -2.28. The molecule has 1 heterocycles. The van der Waals surface area contributed by atoms with Crippen molar-refractivity contribution in [3.8, 4) is 23.3 Å². The lowest BCUT2D eigenvalue weighted by Gasteiger charge is -2.19. The third kappa shape index (κ3) is 3.90. The average Bonchev–Trinajstić information content (AvgIpc) is 2.43. The van der Waals surface area contributed by atoms with Crippen molar-refractivity contribution in [2.24, 2.45) is 0 Å². The highest BCUT2D eigenvalue weighted by Gasteiger charge is 2.12. The molecule has 5 heteroatoms. The fourth-order valence-electron chi connectivity index (χ4n) is 1.65. The number of anilines is 1. The van der Waals surface area contributed by atoms with Gasteiger partial charge in [0.2, 0.25) is 5.91 Å². The molecule has 2 rings (SSSR count). The molecule has 0 atom stereocenters. The van der Waals surface area contributed by atoms with Gasteiger partial charge in [-0.05, 0) is 19.1 Å². The van der Waals surface area contributed by atoms with E-state index in [4.69, 9.17) is 9.47 Å². The van der Waals surface area contributed by atoms with Crippen molar-refractivity contribution < 1.29 is 14.3 Å². The first-order valence-corrected chi connectivity index (χ1v) is 6.09. The molecular weight excluding hydrogens is 244 g/mol. The predicted octanol–water partition coefficient (Wildman–Crippen LogP) is 1.01. The highest BCUT2D eigenvalue weighted by Crippen LogP contribution is 2.32. The Labute approximate surface area is 112 Å². The van der Waals surface area contributed by atoms with Gasteiger partial charge in [-0.3, -0.25) is 10.1 Å². The highest BCUT2D eigenvalue weighted by molar-refractivity contribution is 5.92. The second-order valence-corrected chi connectivity index (χ2v) is 3.94. The second kappa shape index (κ2) is 6.66. The van der Waals surface area contributed by atoms with Gasteiger partial charge in [0.25, 0.3) is 0 Å². The van der Waals surface area contributed by atoms with E-state index in [-0.39, 0.29) is 12.5 Å². The third-order valence-electron chi connectivity index (χ3n) is 2.50. The van der Waals surface area contributed by atoms with E-state index in [0.29, 0.717) is 36.9 Å². The number of nitrogens with one attached hydrogen (secondary N) is 2. The summed E-state index contributed by atoms with van der Waals surface area (Å²) in [5, 5.41) is 5.71. The van der Waals surface area contributed by atoms with E-state index in [1.165, 1.54) is 0 Å². The molecule has 0 aromatic heterocycles. The molecule has 1 aliphatic rings. The SMILES string of the molecule is CC#CCNCC(=O)Nc1ccc2c(c1)OCCO2. The van der Waals surface area contributed by atoms with Crippen molar-refractivity contribution in [3.63, 3.8) is 0 Å². The first kappa shape index (κ1) is 13.2. The molecule has 0 fully saturated rings. The number of amides is 1. The Bertz CT molecular complexity index is 517. The molecule has 1 aromatic rings. The van der Waals surface area contributed by atoms with Gasteiger partial charge in [0, 0.05) is 11.8 Å². The van der Waals surface area contributed by atoms with Gasteiger partial charge < -0.3 is 14.8 Å². The molecule has 0 radical (unpaired) electrons. The van der Waals surface area contributed by atoms with Gasteiger partial charge in [-0.2, -0.15) is 0 Å². The van der Waals surface area contributed by atoms with Crippen molar-refractivity contribution in [2.75, 3.05) is 31.6 Å². The molecule has 1 aliphatic heterocycles. The minimum Gasteiger partial charge on any atom is -0.486 e. The van der Waals surface area contributed by atoms with Gasteiger partial charge in [0.15, 0.2) is 11.5 Å². The summed E-state index contributed by atoms with van der Waals surface area (Å²) < 4.78 is 10.9. The summed E-state index contributed by atoms with van der Waals surface area (Å²) >= 11 is 0. The van der Waals surface area contributed by atoms with Gasteiger partial charge in [-0.1, -0.05) is 5.92 Å². The molecule has 0 bridgehead atoms. The van der Waals surface area contributed by atoms with Crippen LogP contribution in [0.4, 0.5) is 5.69 Å². The zero-order valence-corrected chi connectivity index (χ0v) is 10.8. The summed E-state index contributed by atoms with van der Waals surface area (Å²) in [6, 6.07) is 5.34. The van der Waals surface area contributed by atoms with Crippen molar-refractivity contribution in [1.29, 1.82) is 0 Å². The average molecular weight is 260 g/mol. The largest absolute Gasteiger partial charge is 0.486 e. The summed E-state index contributed by atoms with van der Waals surface area (Å²) in [6.07, 6.45) is 0. The van der Waals surface area contributed by atoms with E-state index in [1.807, 2.05) is 0 Å². The Hall–Kier alpha value is -2.19. The van der Waals surface area contributed by atoms with Crippen LogP contribution in [0.2, 0.25) is 0 Å². The van der Waals surface area contributed by atoms with Crippen LogP contribution in [0.25, 0.3) is 0 Å². The number of rotatable bonds is 4. The summed E-state index contributed by atoms with van der Waals surface area (Å²) in [6.45, 7) is 3.58. The summed E-state index contributed by atoms with van der Waals surface area (Å²) in [5.74, 6) is 6.84. The Morgan fingerprint density at radius 1 is 1.32 bits per heavy atom. The first-order valence-electron chi connectivity index (χ1n) is 6.09. The van der Waals surface area contributed by atoms with Crippen LogP contribution in [0, 0.1) is 11.8 Å². The molecule has 1 aromatic carbocycles. The van der Waals surface area contributed by atoms with Crippen molar-refractivity contribution in [1.82, 2.24) is 5.32 Å². The number of hydrogen-bond acceptors (Lipinski definition) is 4. The van der Waals surface area contributed by atoms with Crippen LogP contribution in [0.1, 0.15) is 6.92 Å². The number of carbonyl (C=O) groups is 1. The van der Waals surface area contributed by atoms with Crippen molar-refractivity contribution in [3.05, 3.63) is 18.2 Å². The molecule has 0 aliphatic carbocycles. The second-order valence-electron chi connectivity index (χ2n) is 3.94. The minimum absolute atomic E-state index is 0.116. The number of benzene rings is 1. The number of carbonyl (C=O) groups excluding carboxylic acids is 1. The zero-order chi connectivity index (χ0) is 13.5. The maximum Gasteiger partial charge on any atom is 0.238 e. The Balaban J connectivity index is 1.87. The van der Waals surface area contributed by atoms with Crippen LogP contribution in [-0.4, -0.2) is 32.2 Å². The smallest absolute Gasteiger partial charge is 0.238 e. The maximum absolute atomic E-state index is 11.6. The molecular formula is C14H16N2O3. The molecule has 5 nitrogen and oxygen atoms in total. The quantitative estimate of drug-likeness (QED) is 0.626. The van der Waals surface area contributed by atoms with Crippen LogP contribution in [0.15, 0.2) is 18.2 Å². The summed E-state index contributed by atoms with van der Waals surface area (Å²) in [4.78, 5) is 11.6. The number of ether oxygens (including phenoxy) is 2. The first-order chi connectivity index (χ1) is 9.29. The van der Waals surface area contributed by atoms with Gasteiger partial charge in [0.1, 0.15) is 13.2 Å². The predicted molar refractivity (Wildman–Crippen MR) is 72.4 cm³/mol. The van der Waals surface area contributed by atoms with Gasteiger partial charge in [0.05, 0.1) is 13.1 Å². The Kier molecular flexibility index (Phi) is 4.65. The third-order valence-corrected chi connectivity index (χ3v) is 2.50. The molecule has 0 unspecified atom stereocenters. The molecule has 100 valence electrons. The van der Waals surface area contributed by atoms with E-state index < -0.39 is 0 Å². The lowest BCUT2D eigenvalue weighted by atomic mass is 10.2. The van der Waals surface area contributed by atoms with Crippen LogP contribution < -0.4 is 20.1 Å². The lowest BCUT2D eigenvalue weighted by molar-refractivity contribution is -0.115.